The summed E-state index contributed by atoms with van der Waals surface area (Å²) in [6.07, 6.45) is 5.39. The van der Waals surface area contributed by atoms with Crippen molar-refractivity contribution in [1.82, 2.24) is 9.78 Å². The highest BCUT2D eigenvalue weighted by molar-refractivity contribution is 7.89. The number of hydrogen-bond donors (Lipinski definition) is 2. The Morgan fingerprint density at radius 1 is 1.18 bits per heavy atom. The van der Waals surface area contributed by atoms with E-state index in [1.165, 1.54) is 18.2 Å². The molecular weight excluding hydrogens is 441 g/mol. The van der Waals surface area contributed by atoms with Gasteiger partial charge >= 0.3 is 0 Å². The molecule has 2 aliphatic rings. The van der Waals surface area contributed by atoms with Crippen LogP contribution in [0.4, 0.5) is 4.39 Å². The van der Waals surface area contributed by atoms with Gasteiger partial charge in [-0.2, -0.15) is 5.10 Å². The summed E-state index contributed by atoms with van der Waals surface area (Å²) in [7, 11) is -3.93. The zero-order valence-electron chi connectivity index (χ0n) is 17.9. The molecule has 6 nitrogen and oxygen atoms in total. The van der Waals surface area contributed by atoms with Crippen molar-refractivity contribution in [1.29, 1.82) is 0 Å². The molecule has 33 heavy (non-hydrogen) atoms. The maximum atomic E-state index is 13.3. The van der Waals surface area contributed by atoms with Crippen LogP contribution in [0.15, 0.2) is 65.2 Å². The van der Waals surface area contributed by atoms with Crippen molar-refractivity contribution in [2.45, 2.75) is 36.7 Å². The first-order valence-corrected chi connectivity index (χ1v) is 12.1. The number of nitrogens with zero attached hydrogens (tertiary/aromatic N) is 2. The van der Waals surface area contributed by atoms with E-state index in [0.29, 0.717) is 19.3 Å². The summed E-state index contributed by atoms with van der Waals surface area (Å²) in [6, 6.07) is 12.4. The van der Waals surface area contributed by atoms with Gasteiger partial charge in [-0.3, -0.25) is 0 Å². The summed E-state index contributed by atoms with van der Waals surface area (Å²) >= 11 is 0. The van der Waals surface area contributed by atoms with Gasteiger partial charge in [0.05, 0.1) is 22.5 Å². The number of benzene rings is 2. The third kappa shape index (κ3) is 3.49. The predicted octanol–water partition coefficient (Wildman–Crippen LogP) is 3.18. The molecule has 3 N–H and O–H groups in total. The summed E-state index contributed by atoms with van der Waals surface area (Å²) in [5.41, 5.74) is 1.93. The average molecular weight is 464 g/mol. The zero-order valence-corrected chi connectivity index (χ0v) is 18.7. The molecule has 0 bridgehead atoms. The Morgan fingerprint density at radius 3 is 2.64 bits per heavy atom. The molecule has 1 fully saturated rings. The van der Waals surface area contributed by atoms with E-state index in [4.69, 9.17) is 5.14 Å². The minimum Gasteiger partial charge on any atom is -0.377 e. The van der Waals surface area contributed by atoms with Crippen molar-refractivity contribution in [3.05, 3.63) is 82.9 Å². The minimum atomic E-state index is -3.93. The standard InChI is InChI=1S/C25H22FN3O3S/c1-24-15-18-16-28-29(21-8-6-20(26)7-9-21)22(18)14-19(24)11-13-25(24,30)12-10-17-4-2-3-5-23(17)33(27,31)32/h2-9,14,16,30H,11,13,15H2,1H3,(H2,27,31,32). The van der Waals surface area contributed by atoms with Gasteiger partial charge in [-0.05, 0) is 67.3 Å². The second kappa shape index (κ2) is 7.39. The first kappa shape index (κ1) is 21.6. The fraction of sp³-hybridized carbons (Fsp3) is 0.240. The molecular formula is C25H22FN3O3S. The van der Waals surface area contributed by atoms with Crippen LogP contribution in [0.2, 0.25) is 0 Å². The number of halogens is 1. The first-order chi connectivity index (χ1) is 15.6. The molecule has 0 amide bonds. The van der Waals surface area contributed by atoms with Crippen LogP contribution in [0.3, 0.4) is 0 Å². The van der Waals surface area contributed by atoms with Gasteiger partial charge in [0, 0.05) is 11.0 Å². The van der Waals surface area contributed by atoms with Crippen molar-refractivity contribution in [3.8, 4) is 17.5 Å². The van der Waals surface area contributed by atoms with E-state index in [9.17, 15) is 17.9 Å². The Bertz CT molecular complexity index is 1460. The van der Waals surface area contributed by atoms with Gasteiger partial charge in [0.15, 0.2) is 0 Å². The van der Waals surface area contributed by atoms with E-state index in [-0.39, 0.29) is 16.3 Å². The fourth-order valence-corrected chi connectivity index (χ4v) is 5.52. The van der Waals surface area contributed by atoms with E-state index in [2.05, 4.69) is 16.9 Å². The number of aromatic nitrogens is 2. The molecule has 0 radical (unpaired) electrons. The molecule has 8 heteroatoms. The highest BCUT2D eigenvalue weighted by Crippen LogP contribution is 2.55. The number of fused-ring (bicyclic) bond motifs is 2. The van der Waals surface area contributed by atoms with Crippen LogP contribution in [0.1, 0.15) is 36.6 Å². The summed E-state index contributed by atoms with van der Waals surface area (Å²) in [5, 5.41) is 21.4. The van der Waals surface area contributed by atoms with E-state index >= 15 is 0 Å². The second-order valence-corrected chi connectivity index (χ2v) is 10.3. The van der Waals surface area contributed by atoms with Crippen molar-refractivity contribution < 1.29 is 17.9 Å². The predicted molar refractivity (Wildman–Crippen MR) is 122 cm³/mol. The van der Waals surface area contributed by atoms with Gasteiger partial charge in [0.2, 0.25) is 10.0 Å². The normalized spacial score (nSPS) is 23.8. The van der Waals surface area contributed by atoms with Gasteiger partial charge in [0.25, 0.3) is 0 Å². The third-order valence-corrected chi connectivity index (χ3v) is 7.76. The lowest BCUT2D eigenvalue weighted by Gasteiger charge is -2.39. The number of aliphatic hydroxyl groups is 1. The molecule has 5 rings (SSSR count). The second-order valence-electron chi connectivity index (χ2n) is 8.77. The molecule has 2 aromatic carbocycles. The Hall–Kier alpha value is -3.25. The monoisotopic (exact) mass is 463 g/mol. The number of nitrogens with two attached hydrogens (primary N) is 1. The number of rotatable bonds is 2. The molecule has 2 atom stereocenters. The van der Waals surface area contributed by atoms with Crippen LogP contribution in [0.25, 0.3) is 11.8 Å². The van der Waals surface area contributed by atoms with Gasteiger partial charge < -0.3 is 5.11 Å². The van der Waals surface area contributed by atoms with E-state index < -0.39 is 21.0 Å². The zero-order chi connectivity index (χ0) is 23.4. The molecule has 0 aliphatic heterocycles. The molecule has 0 saturated heterocycles. The summed E-state index contributed by atoms with van der Waals surface area (Å²) in [6.45, 7) is 1.98. The van der Waals surface area contributed by atoms with Crippen molar-refractivity contribution in [3.63, 3.8) is 0 Å². The minimum absolute atomic E-state index is 0.0634. The van der Waals surface area contributed by atoms with Gasteiger partial charge in [0.1, 0.15) is 11.4 Å². The highest BCUT2D eigenvalue weighted by atomic mass is 32.2. The molecule has 1 saturated carbocycles. The van der Waals surface area contributed by atoms with Crippen LogP contribution in [-0.4, -0.2) is 28.9 Å². The lowest BCUT2D eigenvalue weighted by molar-refractivity contribution is 0.0153. The highest BCUT2D eigenvalue weighted by Gasteiger charge is 2.54. The molecule has 168 valence electrons. The molecule has 3 aromatic rings. The van der Waals surface area contributed by atoms with Crippen molar-refractivity contribution >= 4 is 16.1 Å². The molecule has 0 spiro atoms. The Morgan fingerprint density at radius 2 is 1.91 bits per heavy atom. The summed E-state index contributed by atoms with van der Waals surface area (Å²) in [5.74, 6) is 5.54. The van der Waals surface area contributed by atoms with E-state index in [0.717, 1.165) is 22.5 Å². The smallest absolute Gasteiger partial charge is 0.239 e. The summed E-state index contributed by atoms with van der Waals surface area (Å²) in [4.78, 5) is -0.0634. The molecule has 2 aliphatic carbocycles. The van der Waals surface area contributed by atoms with Crippen LogP contribution in [0.5, 0.6) is 0 Å². The lowest BCUT2D eigenvalue weighted by Crippen LogP contribution is -2.44. The molecule has 1 aromatic heterocycles. The third-order valence-electron chi connectivity index (χ3n) is 6.79. The Balaban J connectivity index is 1.53. The van der Waals surface area contributed by atoms with Crippen molar-refractivity contribution in [2.75, 3.05) is 0 Å². The lowest BCUT2D eigenvalue weighted by atomic mass is 9.67. The average Bonchev–Trinajstić information content (AvgIpc) is 3.29. The van der Waals surface area contributed by atoms with Gasteiger partial charge in [-0.1, -0.05) is 36.5 Å². The SMILES string of the molecule is CC12Cc3cnn(-c4ccc(F)cc4)c3C=C1CCC2(O)C#Cc1ccccc1S(N)(=O)=O. The fourth-order valence-electron chi connectivity index (χ4n) is 4.83. The molecule has 1 heterocycles. The number of hydrogen-bond acceptors (Lipinski definition) is 4. The molecule has 2 unspecified atom stereocenters. The van der Waals surface area contributed by atoms with E-state index in [1.54, 1.807) is 41.2 Å². The van der Waals surface area contributed by atoms with Crippen LogP contribution >= 0.6 is 0 Å². The Kier molecular flexibility index (Phi) is 4.83. The van der Waals surface area contributed by atoms with E-state index in [1.807, 2.05) is 13.0 Å². The quantitative estimate of drug-likeness (QED) is 0.571. The number of sulfonamides is 1. The van der Waals surface area contributed by atoms with Crippen LogP contribution in [0, 0.1) is 23.1 Å². The van der Waals surface area contributed by atoms with Gasteiger partial charge in [-0.25, -0.2) is 22.6 Å². The van der Waals surface area contributed by atoms with Crippen molar-refractivity contribution in [2.24, 2.45) is 10.6 Å². The Labute approximate surface area is 191 Å². The van der Waals surface area contributed by atoms with Crippen LogP contribution in [-0.2, 0) is 16.4 Å². The first-order valence-electron chi connectivity index (χ1n) is 10.5. The number of primary sulfonamides is 1. The largest absolute Gasteiger partial charge is 0.377 e. The maximum Gasteiger partial charge on any atom is 0.239 e. The topological polar surface area (TPSA) is 98.2 Å². The summed E-state index contributed by atoms with van der Waals surface area (Å²) < 4.78 is 38.9. The maximum absolute atomic E-state index is 13.3. The van der Waals surface area contributed by atoms with Crippen LogP contribution < -0.4 is 5.14 Å². The van der Waals surface area contributed by atoms with Gasteiger partial charge in [-0.15, -0.1) is 0 Å².